The van der Waals surface area contributed by atoms with E-state index >= 15 is 0 Å². The molecule has 2 atom stereocenters. The number of carbonyl (C=O) groups excluding carboxylic acids is 1. The Hall–Kier alpha value is -0.530. The van der Waals surface area contributed by atoms with E-state index in [0.29, 0.717) is 17.7 Å². The van der Waals surface area contributed by atoms with Crippen LogP contribution in [-0.4, -0.2) is 24.4 Å². The monoisotopic (exact) mass is 169 g/mol. The molecule has 2 nitrogen and oxygen atoms in total. The van der Waals surface area contributed by atoms with Gasteiger partial charge in [0.05, 0.1) is 0 Å². The van der Waals surface area contributed by atoms with Gasteiger partial charge in [-0.3, -0.25) is 4.79 Å². The number of likely N-dealkylation sites (tertiary alicyclic amines) is 1. The quantitative estimate of drug-likeness (QED) is 0.542. The minimum absolute atomic E-state index is 0.314. The molecular formula is C10H19NO. The zero-order chi connectivity index (χ0) is 9.14. The Morgan fingerprint density at radius 1 is 1.25 bits per heavy atom. The third kappa shape index (κ3) is 2.50. The van der Waals surface area contributed by atoms with Crippen LogP contribution in [0.25, 0.3) is 0 Å². The van der Waals surface area contributed by atoms with Gasteiger partial charge in [0.15, 0.2) is 0 Å². The van der Waals surface area contributed by atoms with Gasteiger partial charge in [-0.2, -0.15) is 0 Å². The highest BCUT2D eigenvalue weighted by Gasteiger charge is 2.19. The predicted molar refractivity (Wildman–Crippen MR) is 49.8 cm³/mol. The van der Waals surface area contributed by atoms with E-state index in [1.807, 2.05) is 11.9 Å². The lowest BCUT2D eigenvalue weighted by molar-refractivity contribution is -0.132. The molecule has 0 aromatic rings. The Kier molecular flexibility index (Phi) is 3.12. The van der Waals surface area contributed by atoms with Crippen molar-refractivity contribution in [3.63, 3.8) is 0 Å². The van der Waals surface area contributed by atoms with Gasteiger partial charge in [-0.15, -0.1) is 0 Å². The van der Waals surface area contributed by atoms with Gasteiger partial charge >= 0.3 is 0 Å². The van der Waals surface area contributed by atoms with E-state index in [4.69, 9.17) is 0 Å². The summed E-state index contributed by atoms with van der Waals surface area (Å²) in [5.74, 6) is 1.55. The molecule has 1 fully saturated rings. The molecule has 2 heteroatoms. The number of carbonyl (C=O) groups is 1. The van der Waals surface area contributed by atoms with Gasteiger partial charge in [0.1, 0.15) is 0 Å². The number of rotatable bonds is 0. The molecule has 2 unspecified atom stereocenters. The smallest absolute Gasteiger partial charge is 0.222 e. The van der Waals surface area contributed by atoms with Crippen molar-refractivity contribution in [2.45, 2.75) is 33.1 Å². The molecule has 1 aliphatic rings. The van der Waals surface area contributed by atoms with Crippen LogP contribution in [0.1, 0.15) is 33.1 Å². The Morgan fingerprint density at radius 2 is 1.83 bits per heavy atom. The van der Waals surface area contributed by atoms with Crippen LogP contribution in [0.3, 0.4) is 0 Å². The highest BCUT2D eigenvalue weighted by Crippen LogP contribution is 2.20. The van der Waals surface area contributed by atoms with Gasteiger partial charge in [-0.1, -0.05) is 13.8 Å². The van der Waals surface area contributed by atoms with Crippen molar-refractivity contribution >= 4 is 5.91 Å². The maximum absolute atomic E-state index is 11.4. The van der Waals surface area contributed by atoms with E-state index in [0.717, 1.165) is 13.0 Å². The lowest BCUT2D eigenvalue weighted by Gasteiger charge is -2.27. The van der Waals surface area contributed by atoms with Gasteiger partial charge in [0, 0.05) is 20.0 Å². The van der Waals surface area contributed by atoms with Crippen molar-refractivity contribution in [3.8, 4) is 0 Å². The number of amides is 1. The van der Waals surface area contributed by atoms with Gasteiger partial charge in [-0.05, 0) is 24.7 Å². The third-order valence-electron chi connectivity index (χ3n) is 2.69. The first-order valence-corrected chi connectivity index (χ1v) is 4.83. The summed E-state index contributed by atoms with van der Waals surface area (Å²) in [6.07, 6.45) is 3.21. The lowest BCUT2D eigenvalue weighted by Crippen LogP contribution is -2.34. The Bertz CT molecular complexity index is 167. The SMILES string of the molecule is CC1CCC(C)CN(C)C(=O)C1. The number of hydrogen-bond donors (Lipinski definition) is 0. The van der Waals surface area contributed by atoms with Gasteiger partial charge in [0.2, 0.25) is 5.91 Å². The molecule has 0 aliphatic carbocycles. The van der Waals surface area contributed by atoms with Crippen LogP contribution in [0.15, 0.2) is 0 Å². The molecule has 0 bridgehead atoms. The van der Waals surface area contributed by atoms with E-state index in [1.165, 1.54) is 12.8 Å². The Labute approximate surface area is 74.9 Å². The summed E-state index contributed by atoms with van der Waals surface area (Å²) in [6, 6.07) is 0. The molecular weight excluding hydrogens is 150 g/mol. The molecule has 1 aliphatic heterocycles. The standard InChI is InChI=1S/C10H19NO/c1-8-4-5-9(2)7-11(3)10(12)6-8/h8-9H,4-7H2,1-3H3. The van der Waals surface area contributed by atoms with Crippen molar-refractivity contribution in [1.82, 2.24) is 4.90 Å². The summed E-state index contributed by atoms with van der Waals surface area (Å²) in [5.41, 5.74) is 0. The topological polar surface area (TPSA) is 20.3 Å². The summed E-state index contributed by atoms with van der Waals surface area (Å²) in [4.78, 5) is 13.3. The van der Waals surface area contributed by atoms with Crippen LogP contribution in [-0.2, 0) is 4.79 Å². The first kappa shape index (κ1) is 9.56. The molecule has 1 amide bonds. The predicted octanol–water partition coefficient (Wildman–Crippen LogP) is 1.90. The molecule has 0 spiro atoms. The fourth-order valence-corrected chi connectivity index (χ4v) is 1.79. The first-order valence-electron chi connectivity index (χ1n) is 4.83. The lowest BCUT2D eigenvalue weighted by atomic mass is 9.93. The summed E-state index contributed by atoms with van der Waals surface area (Å²) >= 11 is 0. The van der Waals surface area contributed by atoms with Crippen molar-refractivity contribution in [2.24, 2.45) is 11.8 Å². The van der Waals surface area contributed by atoms with Crippen molar-refractivity contribution in [2.75, 3.05) is 13.6 Å². The fraction of sp³-hybridized carbons (Fsp3) is 0.900. The summed E-state index contributed by atoms with van der Waals surface area (Å²) in [6.45, 7) is 5.33. The van der Waals surface area contributed by atoms with E-state index in [-0.39, 0.29) is 0 Å². The molecule has 1 rings (SSSR count). The summed E-state index contributed by atoms with van der Waals surface area (Å²) in [5, 5.41) is 0. The molecule has 0 aromatic carbocycles. The largest absolute Gasteiger partial charge is 0.345 e. The van der Waals surface area contributed by atoms with Gasteiger partial charge in [-0.25, -0.2) is 0 Å². The molecule has 0 N–H and O–H groups in total. The fourth-order valence-electron chi connectivity index (χ4n) is 1.79. The van der Waals surface area contributed by atoms with E-state index in [2.05, 4.69) is 13.8 Å². The molecule has 70 valence electrons. The normalized spacial score (nSPS) is 32.9. The maximum atomic E-state index is 11.4. The summed E-state index contributed by atoms with van der Waals surface area (Å²) < 4.78 is 0. The average molecular weight is 169 g/mol. The van der Waals surface area contributed by atoms with E-state index < -0.39 is 0 Å². The van der Waals surface area contributed by atoms with Crippen molar-refractivity contribution in [1.29, 1.82) is 0 Å². The van der Waals surface area contributed by atoms with Crippen LogP contribution in [0, 0.1) is 11.8 Å². The highest BCUT2D eigenvalue weighted by molar-refractivity contribution is 5.76. The van der Waals surface area contributed by atoms with Crippen molar-refractivity contribution in [3.05, 3.63) is 0 Å². The number of hydrogen-bond acceptors (Lipinski definition) is 1. The minimum Gasteiger partial charge on any atom is -0.345 e. The number of nitrogens with zero attached hydrogens (tertiary/aromatic N) is 1. The molecule has 12 heavy (non-hydrogen) atoms. The Morgan fingerprint density at radius 3 is 2.50 bits per heavy atom. The molecule has 1 saturated heterocycles. The van der Waals surface area contributed by atoms with Gasteiger partial charge in [0.25, 0.3) is 0 Å². The van der Waals surface area contributed by atoms with Crippen LogP contribution < -0.4 is 0 Å². The second kappa shape index (κ2) is 3.92. The van der Waals surface area contributed by atoms with Crippen molar-refractivity contribution < 1.29 is 4.79 Å². The van der Waals surface area contributed by atoms with E-state index in [1.54, 1.807) is 0 Å². The molecule has 0 aromatic heterocycles. The van der Waals surface area contributed by atoms with E-state index in [9.17, 15) is 4.79 Å². The first-order chi connectivity index (χ1) is 5.59. The van der Waals surface area contributed by atoms with Crippen LogP contribution >= 0.6 is 0 Å². The second-order valence-corrected chi connectivity index (χ2v) is 4.27. The molecule has 0 radical (unpaired) electrons. The van der Waals surface area contributed by atoms with Crippen LogP contribution in [0.5, 0.6) is 0 Å². The maximum Gasteiger partial charge on any atom is 0.222 e. The average Bonchev–Trinajstić information content (AvgIpc) is 1.99. The summed E-state index contributed by atoms with van der Waals surface area (Å²) in [7, 11) is 1.91. The zero-order valence-corrected chi connectivity index (χ0v) is 8.34. The Balaban J connectivity index is 2.54. The van der Waals surface area contributed by atoms with Crippen LogP contribution in [0.4, 0.5) is 0 Å². The van der Waals surface area contributed by atoms with Gasteiger partial charge < -0.3 is 4.90 Å². The zero-order valence-electron chi connectivity index (χ0n) is 8.34. The third-order valence-corrected chi connectivity index (χ3v) is 2.69. The minimum atomic E-state index is 0.314. The molecule has 1 heterocycles. The second-order valence-electron chi connectivity index (χ2n) is 4.27. The molecule has 0 saturated carbocycles. The van der Waals surface area contributed by atoms with Crippen LogP contribution in [0.2, 0.25) is 0 Å². The highest BCUT2D eigenvalue weighted by atomic mass is 16.2.